The highest BCUT2D eigenvalue weighted by Crippen LogP contribution is 2.21. The molecule has 0 saturated heterocycles. The van der Waals surface area contributed by atoms with Crippen LogP contribution in [0.25, 0.3) is 0 Å². The Hall–Kier alpha value is -5.18. The third kappa shape index (κ3) is 12.0. The van der Waals surface area contributed by atoms with Crippen LogP contribution in [0.5, 0.6) is 17.2 Å². The zero-order valence-corrected chi connectivity index (χ0v) is 24.5. The Bertz CT molecular complexity index is 1280. The van der Waals surface area contributed by atoms with E-state index in [2.05, 4.69) is 13.2 Å². The number of aryl methyl sites for hydroxylation is 1. The third-order valence-corrected chi connectivity index (χ3v) is 6.26. The summed E-state index contributed by atoms with van der Waals surface area (Å²) in [7, 11) is 0. The lowest BCUT2D eigenvalue weighted by Crippen LogP contribution is -2.10. The van der Waals surface area contributed by atoms with Crippen LogP contribution in [0.2, 0.25) is 0 Å². The Kier molecular flexibility index (Phi) is 13.9. The second-order valence-electron chi connectivity index (χ2n) is 9.58. The summed E-state index contributed by atoms with van der Waals surface area (Å²) in [5.41, 5.74) is 1.86. The largest absolute Gasteiger partial charge is 0.494 e. The van der Waals surface area contributed by atoms with Gasteiger partial charge in [0.25, 0.3) is 0 Å². The number of unbranched alkanes of at least 4 members (excludes halogenated alkanes) is 3. The molecule has 0 unspecified atom stereocenters. The normalized spacial score (nSPS) is 10.3. The lowest BCUT2D eigenvalue weighted by molar-refractivity contribution is -0.138. The van der Waals surface area contributed by atoms with Crippen LogP contribution in [0.15, 0.2) is 98.1 Å². The molecule has 9 nitrogen and oxygen atoms in total. The van der Waals surface area contributed by atoms with Gasteiger partial charge in [0.15, 0.2) is 0 Å². The molecule has 0 heterocycles. The van der Waals surface area contributed by atoms with Crippen LogP contribution in [0.3, 0.4) is 0 Å². The molecule has 0 radical (unpaired) electrons. The van der Waals surface area contributed by atoms with Crippen molar-refractivity contribution in [3.05, 3.63) is 115 Å². The summed E-state index contributed by atoms with van der Waals surface area (Å²) in [6.45, 7) is 7.83. The Morgan fingerprint density at radius 2 is 0.955 bits per heavy atom. The maximum atomic E-state index is 12.6. The van der Waals surface area contributed by atoms with Crippen molar-refractivity contribution in [2.24, 2.45) is 0 Å². The SMILES string of the molecule is C=CC(=O)OCCCCCc1ccc(C(=O)Oc2ccc(OC(=O)c3ccc(OCCCCOC(=O)C=C)cc3)cc2)cc1. The van der Waals surface area contributed by atoms with Gasteiger partial charge in [0.05, 0.1) is 30.9 Å². The average Bonchev–Trinajstić information content (AvgIpc) is 3.05. The molecule has 3 aromatic carbocycles. The molecule has 0 spiro atoms. The van der Waals surface area contributed by atoms with Crippen molar-refractivity contribution in [2.45, 2.75) is 38.5 Å². The van der Waals surface area contributed by atoms with Crippen LogP contribution in [-0.4, -0.2) is 43.7 Å². The number of rotatable bonds is 18. The van der Waals surface area contributed by atoms with Crippen molar-refractivity contribution < 1.29 is 42.9 Å². The number of carbonyl (C=O) groups excluding carboxylic acids is 4. The van der Waals surface area contributed by atoms with Gasteiger partial charge in [-0.2, -0.15) is 0 Å². The molecular weight excluding hydrogens is 564 g/mol. The van der Waals surface area contributed by atoms with Crippen LogP contribution in [0.1, 0.15) is 58.4 Å². The monoisotopic (exact) mass is 600 g/mol. The lowest BCUT2D eigenvalue weighted by Gasteiger charge is -2.09. The highest BCUT2D eigenvalue weighted by molar-refractivity contribution is 5.92. The molecule has 44 heavy (non-hydrogen) atoms. The molecule has 9 heteroatoms. The van der Waals surface area contributed by atoms with Crippen molar-refractivity contribution >= 4 is 23.9 Å². The summed E-state index contributed by atoms with van der Waals surface area (Å²) in [6, 6.07) is 20.0. The van der Waals surface area contributed by atoms with E-state index in [9.17, 15) is 19.2 Å². The van der Waals surface area contributed by atoms with Crippen molar-refractivity contribution in [1.82, 2.24) is 0 Å². The summed E-state index contributed by atoms with van der Waals surface area (Å²) < 4.78 is 26.4. The van der Waals surface area contributed by atoms with E-state index in [0.29, 0.717) is 61.0 Å². The average molecular weight is 601 g/mol. The van der Waals surface area contributed by atoms with Gasteiger partial charge in [0.1, 0.15) is 17.2 Å². The number of hydrogen-bond acceptors (Lipinski definition) is 9. The molecule has 0 bridgehead atoms. The summed E-state index contributed by atoms with van der Waals surface area (Å²) in [5, 5.41) is 0. The van der Waals surface area contributed by atoms with Crippen LogP contribution < -0.4 is 14.2 Å². The van der Waals surface area contributed by atoms with Crippen molar-refractivity contribution in [3.8, 4) is 17.2 Å². The molecule has 0 atom stereocenters. The number of hydrogen-bond donors (Lipinski definition) is 0. The fourth-order valence-corrected chi connectivity index (χ4v) is 3.87. The molecule has 0 aliphatic rings. The van der Waals surface area contributed by atoms with E-state index in [-0.39, 0.29) is 0 Å². The number of benzene rings is 3. The van der Waals surface area contributed by atoms with Gasteiger partial charge in [-0.3, -0.25) is 0 Å². The molecule has 0 saturated carbocycles. The Morgan fingerprint density at radius 1 is 0.523 bits per heavy atom. The predicted octanol–water partition coefficient (Wildman–Crippen LogP) is 6.46. The first-order valence-electron chi connectivity index (χ1n) is 14.3. The first-order chi connectivity index (χ1) is 21.4. The van der Waals surface area contributed by atoms with E-state index in [4.69, 9.17) is 23.7 Å². The maximum absolute atomic E-state index is 12.6. The minimum atomic E-state index is -0.540. The van der Waals surface area contributed by atoms with Gasteiger partial charge in [-0.1, -0.05) is 25.3 Å². The maximum Gasteiger partial charge on any atom is 0.343 e. The Morgan fingerprint density at radius 3 is 1.45 bits per heavy atom. The number of ether oxygens (including phenoxy) is 5. The lowest BCUT2D eigenvalue weighted by atomic mass is 10.1. The van der Waals surface area contributed by atoms with Crippen molar-refractivity contribution in [3.63, 3.8) is 0 Å². The smallest absolute Gasteiger partial charge is 0.343 e. The Balaban J connectivity index is 1.37. The number of carbonyl (C=O) groups is 4. The first kappa shape index (κ1) is 33.3. The first-order valence-corrected chi connectivity index (χ1v) is 14.3. The van der Waals surface area contributed by atoms with Gasteiger partial charge in [-0.05, 0) is 105 Å². The molecule has 0 N–H and O–H groups in total. The summed E-state index contributed by atoms with van der Waals surface area (Å²) in [5.74, 6) is -0.672. The zero-order chi connectivity index (χ0) is 31.6. The van der Waals surface area contributed by atoms with E-state index < -0.39 is 23.9 Å². The molecule has 3 rings (SSSR count). The summed E-state index contributed by atoms with van der Waals surface area (Å²) in [4.78, 5) is 47.1. The fourth-order valence-electron chi connectivity index (χ4n) is 3.87. The van der Waals surface area contributed by atoms with Gasteiger partial charge in [0.2, 0.25) is 0 Å². The molecule has 230 valence electrons. The second-order valence-corrected chi connectivity index (χ2v) is 9.58. The van der Waals surface area contributed by atoms with Crippen molar-refractivity contribution in [2.75, 3.05) is 19.8 Å². The minimum Gasteiger partial charge on any atom is -0.494 e. The fraction of sp³-hybridized carbons (Fsp3) is 0.257. The van der Waals surface area contributed by atoms with E-state index in [1.165, 1.54) is 0 Å². The van der Waals surface area contributed by atoms with Crippen LogP contribution in [0, 0.1) is 0 Å². The van der Waals surface area contributed by atoms with Gasteiger partial charge < -0.3 is 23.7 Å². The molecule has 0 aliphatic heterocycles. The predicted molar refractivity (Wildman–Crippen MR) is 164 cm³/mol. The summed E-state index contributed by atoms with van der Waals surface area (Å²) >= 11 is 0. The summed E-state index contributed by atoms with van der Waals surface area (Å²) in [6.07, 6.45) is 7.12. The van der Waals surface area contributed by atoms with E-state index in [1.54, 1.807) is 60.7 Å². The van der Waals surface area contributed by atoms with Gasteiger partial charge in [-0.15, -0.1) is 0 Å². The standard InChI is InChI=1S/C35H36O9/c1-3-32(36)41-24-7-5-6-10-26-11-13-27(14-12-26)34(38)43-30-19-21-31(22-20-30)44-35(39)28-15-17-29(18-16-28)40-23-8-9-25-42-33(37)4-2/h3-4,11-22H,1-2,5-10,23-25H2. The second kappa shape index (κ2) is 18.4. The Labute approximate surface area is 257 Å². The molecule has 0 aromatic heterocycles. The zero-order valence-electron chi connectivity index (χ0n) is 24.5. The highest BCUT2D eigenvalue weighted by atomic mass is 16.5. The van der Waals surface area contributed by atoms with Gasteiger partial charge in [-0.25, -0.2) is 19.2 Å². The number of esters is 4. The van der Waals surface area contributed by atoms with Crippen LogP contribution in [-0.2, 0) is 25.5 Å². The molecule has 0 fully saturated rings. The van der Waals surface area contributed by atoms with Gasteiger partial charge >= 0.3 is 23.9 Å². The molecule has 3 aromatic rings. The van der Waals surface area contributed by atoms with E-state index in [0.717, 1.165) is 43.4 Å². The van der Waals surface area contributed by atoms with Gasteiger partial charge in [0, 0.05) is 12.2 Å². The molecule has 0 amide bonds. The third-order valence-electron chi connectivity index (χ3n) is 6.26. The van der Waals surface area contributed by atoms with Crippen molar-refractivity contribution in [1.29, 1.82) is 0 Å². The van der Waals surface area contributed by atoms with E-state index >= 15 is 0 Å². The molecule has 0 aliphatic carbocycles. The quantitative estimate of drug-likeness (QED) is 0.0703. The van der Waals surface area contributed by atoms with Crippen LogP contribution in [0.4, 0.5) is 0 Å². The highest BCUT2D eigenvalue weighted by Gasteiger charge is 2.12. The molecular formula is C35H36O9. The minimum absolute atomic E-state index is 0.301. The topological polar surface area (TPSA) is 114 Å². The van der Waals surface area contributed by atoms with E-state index in [1.807, 2.05) is 12.1 Å². The van der Waals surface area contributed by atoms with Crippen LogP contribution >= 0.6 is 0 Å².